The normalized spacial score (nSPS) is 15.1. The van der Waals surface area contributed by atoms with Crippen LogP contribution in [0.25, 0.3) is 22.8 Å². The predicted molar refractivity (Wildman–Crippen MR) is 146 cm³/mol. The Morgan fingerprint density at radius 3 is 2.46 bits per heavy atom. The molecule has 3 heterocycles. The molecule has 0 aliphatic carbocycles. The van der Waals surface area contributed by atoms with Crippen molar-refractivity contribution in [3.63, 3.8) is 0 Å². The molecule has 1 aliphatic rings. The summed E-state index contributed by atoms with van der Waals surface area (Å²) in [5.41, 5.74) is 5.62. The maximum Gasteiger partial charge on any atom is 0.258 e. The molecule has 0 spiro atoms. The Bertz CT molecular complexity index is 1300. The molecule has 0 unspecified atom stereocenters. The molecule has 1 aliphatic heterocycles. The number of benzene rings is 2. The Kier molecular flexibility index (Phi) is 7.38. The zero-order valence-corrected chi connectivity index (χ0v) is 22.3. The summed E-state index contributed by atoms with van der Waals surface area (Å²) >= 11 is 0. The summed E-state index contributed by atoms with van der Waals surface area (Å²) in [6.07, 6.45) is 4.06. The molecule has 1 fully saturated rings. The molecule has 0 atom stereocenters. The second-order valence-electron chi connectivity index (χ2n) is 11.1. The summed E-state index contributed by atoms with van der Waals surface area (Å²) in [5.74, 6) is 2.40. The lowest BCUT2D eigenvalue weighted by atomic mass is 9.86. The maximum atomic E-state index is 6.19. The zero-order chi connectivity index (χ0) is 25.8. The third kappa shape index (κ3) is 6.44. The Labute approximate surface area is 219 Å². The molecule has 6 heteroatoms. The number of rotatable bonds is 7. The van der Waals surface area contributed by atoms with Crippen LogP contribution in [0.5, 0.6) is 5.75 Å². The molecule has 37 heavy (non-hydrogen) atoms. The number of nitrogens with zero attached hydrogens (tertiary/aromatic N) is 4. The first-order valence-corrected chi connectivity index (χ1v) is 13.2. The minimum absolute atomic E-state index is 0.198. The van der Waals surface area contributed by atoms with Gasteiger partial charge in [-0.3, -0.25) is 9.88 Å². The molecule has 0 bridgehead atoms. The molecule has 2 aromatic heterocycles. The zero-order valence-electron chi connectivity index (χ0n) is 22.3. The highest BCUT2D eigenvalue weighted by molar-refractivity contribution is 5.60. The quantitative estimate of drug-likeness (QED) is 0.284. The summed E-state index contributed by atoms with van der Waals surface area (Å²) in [5, 5.41) is 4.12. The van der Waals surface area contributed by atoms with Crippen molar-refractivity contribution in [1.82, 2.24) is 20.0 Å². The highest BCUT2D eigenvalue weighted by Gasteiger charge is 2.21. The molecule has 1 saturated heterocycles. The van der Waals surface area contributed by atoms with Gasteiger partial charge in [0.05, 0.1) is 6.61 Å². The van der Waals surface area contributed by atoms with Gasteiger partial charge in [-0.25, -0.2) is 0 Å². The van der Waals surface area contributed by atoms with Crippen LogP contribution in [0.3, 0.4) is 0 Å². The van der Waals surface area contributed by atoms with Crippen LogP contribution in [-0.4, -0.2) is 39.7 Å². The molecular formula is C31H36N4O2. The first-order chi connectivity index (χ1) is 17.8. The fourth-order valence-electron chi connectivity index (χ4n) is 4.67. The van der Waals surface area contributed by atoms with E-state index in [0.29, 0.717) is 17.6 Å². The van der Waals surface area contributed by atoms with E-state index in [-0.39, 0.29) is 5.41 Å². The first-order valence-electron chi connectivity index (χ1n) is 13.2. The smallest absolute Gasteiger partial charge is 0.258 e. The van der Waals surface area contributed by atoms with Crippen LogP contribution in [0.2, 0.25) is 0 Å². The van der Waals surface area contributed by atoms with Gasteiger partial charge in [0.15, 0.2) is 0 Å². The van der Waals surface area contributed by atoms with Crippen molar-refractivity contribution in [2.75, 3.05) is 19.7 Å². The van der Waals surface area contributed by atoms with E-state index >= 15 is 0 Å². The van der Waals surface area contributed by atoms with E-state index in [9.17, 15) is 0 Å². The lowest BCUT2D eigenvalue weighted by Gasteiger charge is -2.32. The molecule has 0 saturated carbocycles. The van der Waals surface area contributed by atoms with Gasteiger partial charge in [0.1, 0.15) is 5.75 Å². The summed E-state index contributed by atoms with van der Waals surface area (Å²) in [6, 6.07) is 20.9. The minimum Gasteiger partial charge on any atom is -0.493 e. The van der Waals surface area contributed by atoms with Crippen LogP contribution >= 0.6 is 0 Å². The van der Waals surface area contributed by atoms with Gasteiger partial charge in [0.25, 0.3) is 5.89 Å². The van der Waals surface area contributed by atoms with Gasteiger partial charge in [0.2, 0.25) is 5.82 Å². The predicted octanol–water partition coefficient (Wildman–Crippen LogP) is 6.70. The molecule has 4 aromatic rings. The standard InChI is InChI=1S/C31H36N4O2/c1-22-8-11-26(19-32-22)29-33-30(37-34-29)25-6-5-7-28(18-25)36-21-24-14-16-35(17-15-24)20-23-9-12-27(13-10-23)31(2,3)4/h5-13,18-19,24H,14-17,20-21H2,1-4H3. The van der Waals surface area contributed by atoms with Crippen LogP contribution in [0.4, 0.5) is 0 Å². The fraction of sp³-hybridized carbons (Fsp3) is 0.387. The van der Waals surface area contributed by atoms with E-state index in [1.165, 1.54) is 11.1 Å². The molecule has 0 radical (unpaired) electrons. The molecule has 5 rings (SSSR count). The highest BCUT2D eigenvalue weighted by Crippen LogP contribution is 2.27. The third-order valence-electron chi connectivity index (χ3n) is 7.10. The van der Waals surface area contributed by atoms with E-state index in [4.69, 9.17) is 9.26 Å². The molecule has 0 N–H and O–H groups in total. The number of piperidine rings is 1. The molecular weight excluding hydrogens is 460 g/mol. The van der Waals surface area contributed by atoms with Crippen molar-refractivity contribution in [2.45, 2.75) is 52.5 Å². The average molecular weight is 497 g/mol. The van der Waals surface area contributed by atoms with Crippen LogP contribution in [0.15, 0.2) is 71.4 Å². The van der Waals surface area contributed by atoms with Crippen molar-refractivity contribution in [3.05, 3.63) is 83.7 Å². The average Bonchev–Trinajstić information content (AvgIpc) is 3.39. The van der Waals surface area contributed by atoms with E-state index in [0.717, 1.165) is 61.7 Å². The van der Waals surface area contributed by atoms with E-state index in [1.807, 2.05) is 43.3 Å². The van der Waals surface area contributed by atoms with Gasteiger partial charge in [-0.2, -0.15) is 4.98 Å². The van der Waals surface area contributed by atoms with Gasteiger partial charge < -0.3 is 9.26 Å². The van der Waals surface area contributed by atoms with Crippen molar-refractivity contribution >= 4 is 0 Å². The SMILES string of the molecule is Cc1ccc(-c2noc(-c3cccc(OCC4CCN(Cc5ccc(C(C)(C)C)cc5)CC4)c3)n2)cn1. The Hall–Kier alpha value is -3.51. The lowest BCUT2D eigenvalue weighted by Crippen LogP contribution is -2.35. The van der Waals surface area contributed by atoms with Crippen LogP contribution in [0, 0.1) is 12.8 Å². The largest absolute Gasteiger partial charge is 0.493 e. The van der Waals surface area contributed by atoms with Crippen molar-refractivity contribution in [2.24, 2.45) is 5.92 Å². The summed E-state index contributed by atoms with van der Waals surface area (Å²) in [7, 11) is 0. The van der Waals surface area contributed by atoms with Gasteiger partial charge in [-0.15, -0.1) is 0 Å². The Morgan fingerprint density at radius 1 is 0.973 bits per heavy atom. The van der Waals surface area contributed by atoms with Crippen molar-refractivity contribution in [3.8, 4) is 28.6 Å². The van der Waals surface area contributed by atoms with Crippen molar-refractivity contribution < 1.29 is 9.26 Å². The topological polar surface area (TPSA) is 64.3 Å². The second-order valence-corrected chi connectivity index (χ2v) is 11.1. The lowest BCUT2D eigenvalue weighted by molar-refractivity contribution is 0.137. The monoisotopic (exact) mass is 496 g/mol. The van der Waals surface area contributed by atoms with E-state index in [2.05, 4.69) is 65.1 Å². The van der Waals surface area contributed by atoms with E-state index in [1.54, 1.807) is 6.20 Å². The van der Waals surface area contributed by atoms with Crippen LogP contribution < -0.4 is 4.74 Å². The molecule has 2 aromatic carbocycles. The minimum atomic E-state index is 0.198. The first kappa shape index (κ1) is 25.2. The van der Waals surface area contributed by atoms with Crippen LogP contribution in [0.1, 0.15) is 50.4 Å². The fourth-order valence-corrected chi connectivity index (χ4v) is 4.67. The molecule has 192 valence electrons. The van der Waals surface area contributed by atoms with Crippen LogP contribution in [-0.2, 0) is 12.0 Å². The number of pyridine rings is 1. The Balaban J connectivity index is 1.12. The summed E-state index contributed by atoms with van der Waals surface area (Å²) in [4.78, 5) is 11.4. The third-order valence-corrected chi connectivity index (χ3v) is 7.10. The Morgan fingerprint density at radius 2 is 1.76 bits per heavy atom. The summed E-state index contributed by atoms with van der Waals surface area (Å²) < 4.78 is 11.7. The number of hydrogen-bond donors (Lipinski definition) is 0. The highest BCUT2D eigenvalue weighted by atomic mass is 16.5. The summed E-state index contributed by atoms with van der Waals surface area (Å²) in [6.45, 7) is 12.7. The number of hydrogen-bond acceptors (Lipinski definition) is 6. The number of aromatic nitrogens is 3. The molecule has 6 nitrogen and oxygen atoms in total. The number of likely N-dealkylation sites (tertiary alicyclic amines) is 1. The van der Waals surface area contributed by atoms with Gasteiger partial charge in [0, 0.05) is 29.6 Å². The van der Waals surface area contributed by atoms with Gasteiger partial charge in [-0.05, 0) is 85.6 Å². The number of aryl methyl sites for hydroxylation is 1. The maximum absolute atomic E-state index is 6.19. The molecule has 0 amide bonds. The van der Waals surface area contributed by atoms with Gasteiger partial charge in [-0.1, -0.05) is 56.3 Å². The van der Waals surface area contributed by atoms with E-state index < -0.39 is 0 Å². The number of ether oxygens (including phenoxy) is 1. The second kappa shape index (κ2) is 10.9. The van der Waals surface area contributed by atoms with Gasteiger partial charge >= 0.3 is 0 Å². The van der Waals surface area contributed by atoms with Crippen molar-refractivity contribution in [1.29, 1.82) is 0 Å².